The van der Waals surface area contributed by atoms with Crippen molar-refractivity contribution in [2.75, 3.05) is 13.7 Å². The molecule has 0 radical (unpaired) electrons. The second-order valence-corrected chi connectivity index (χ2v) is 7.67. The van der Waals surface area contributed by atoms with Crippen LogP contribution in [0.15, 0.2) is 72.8 Å². The first-order valence-electron chi connectivity index (χ1n) is 10.2. The summed E-state index contributed by atoms with van der Waals surface area (Å²) >= 11 is 0. The van der Waals surface area contributed by atoms with E-state index in [1.54, 1.807) is 7.11 Å². The van der Waals surface area contributed by atoms with Crippen LogP contribution in [0.2, 0.25) is 0 Å². The number of hydrogen-bond donors (Lipinski definition) is 1. The first kappa shape index (κ1) is 21.4. The molecule has 3 rings (SSSR count). The molecule has 4 heteroatoms. The van der Waals surface area contributed by atoms with Crippen molar-refractivity contribution in [1.82, 2.24) is 5.32 Å². The van der Waals surface area contributed by atoms with E-state index in [4.69, 9.17) is 9.47 Å². The Morgan fingerprint density at radius 2 is 1.60 bits per heavy atom. The topological polar surface area (TPSA) is 47.6 Å². The van der Waals surface area contributed by atoms with Crippen molar-refractivity contribution < 1.29 is 14.3 Å². The first-order valence-corrected chi connectivity index (χ1v) is 10.2. The SMILES string of the molecule is COc1ccc([C@H](NC(=O)COc2cc(C)ccc2C(C)C)c2ccccc2)cc1. The molecule has 0 aliphatic heterocycles. The highest BCUT2D eigenvalue weighted by atomic mass is 16.5. The summed E-state index contributed by atoms with van der Waals surface area (Å²) in [6.07, 6.45) is 0. The molecular formula is C26H29NO3. The second kappa shape index (κ2) is 9.97. The Morgan fingerprint density at radius 1 is 0.933 bits per heavy atom. The van der Waals surface area contributed by atoms with Crippen molar-refractivity contribution >= 4 is 5.91 Å². The number of nitrogens with one attached hydrogen (secondary N) is 1. The van der Waals surface area contributed by atoms with E-state index in [0.29, 0.717) is 5.92 Å². The fraction of sp³-hybridized carbons (Fsp3) is 0.269. The van der Waals surface area contributed by atoms with Gasteiger partial charge in [0.1, 0.15) is 11.5 Å². The zero-order chi connectivity index (χ0) is 21.5. The van der Waals surface area contributed by atoms with Gasteiger partial charge in [0, 0.05) is 0 Å². The molecule has 1 amide bonds. The maximum atomic E-state index is 12.8. The van der Waals surface area contributed by atoms with Crippen LogP contribution in [0.3, 0.4) is 0 Å². The fourth-order valence-corrected chi connectivity index (χ4v) is 3.39. The molecule has 0 aliphatic rings. The van der Waals surface area contributed by atoms with E-state index in [1.165, 1.54) is 0 Å². The van der Waals surface area contributed by atoms with E-state index in [9.17, 15) is 4.79 Å². The van der Waals surface area contributed by atoms with Crippen LogP contribution < -0.4 is 14.8 Å². The average Bonchev–Trinajstić information content (AvgIpc) is 2.76. The Balaban J connectivity index is 1.76. The van der Waals surface area contributed by atoms with E-state index in [2.05, 4.69) is 31.3 Å². The third kappa shape index (κ3) is 5.41. The van der Waals surface area contributed by atoms with Gasteiger partial charge in [0.2, 0.25) is 0 Å². The molecule has 0 unspecified atom stereocenters. The van der Waals surface area contributed by atoms with Gasteiger partial charge in [0.25, 0.3) is 5.91 Å². The minimum Gasteiger partial charge on any atom is -0.497 e. The van der Waals surface area contributed by atoms with Crippen molar-refractivity contribution in [3.8, 4) is 11.5 Å². The van der Waals surface area contributed by atoms with Crippen molar-refractivity contribution in [3.05, 3.63) is 95.1 Å². The van der Waals surface area contributed by atoms with Gasteiger partial charge in [-0.2, -0.15) is 0 Å². The molecule has 0 saturated carbocycles. The van der Waals surface area contributed by atoms with Gasteiger partial charge >= 0.3 is 0 Å². The predicted molar refractivity (Wildman–Crippen MR) is 120 cm³/mol. The van der Waals surface area contributed by atoms with Crippen LogP contribution >= 0.6 is 0 Å². The standard InChI is InChI=1S/C26H29NO3/c1-18(2)23-15-10-19(3)16-24(23)30-17-25(28)27-26(20-8-6-5-7-9-20)21-11-13-22(29-4)14-12-21/h5-16,18,26H,17H2,1-4H3,(H,27,28)/t26-/m1/s1. The quantitative estimate of drug-likeness (QED) is 0.547. The van der Waals surface area contributed by atoms with Crippen LogP contribution in [0.1, 0.15) is 48.1 Å². The van der Waals surface area contributed by atoms with Gasteiger partial charge in [-0.25, -0.2) is 0 Å². The molecule has 4 nitrogen and oxygen atoms in total. The molecule has 1 atom stereocenters. The Hall–Kier alpha value is -3.27. The van der Waals surface area contributed by atoms with E-state index in [-0.39, 0.29) is 18.6 Å². The van der Waals surface area contributed by atoms with Gasteiger partial charge in [-0.05, 0) is 53.3 Å². The number of rotatable bonds is 8. The Morgan fingerprint density at radius 3 is 2.23 bits per heavy atom. The van der Waals surface area contributed by atoms with Gasteiger partial charge in [-0.1, -0.05) is 68.4 Å². The number of ether oxygens (including phenoxy) is 2. The zero-order valence-electron chi connectivity index (χ0n) is 18.0. The molecular weight excluding hydrogens is 374 g/mol. The van der Waals surface area contributed by atoms with Crippen molar-refractivity contribution in [2.45, 2.75) is 32.7 Å². The molecule has 1 N–H and O–H groups in total. The summed E-state index contributed by atoms with van der Waals surface area (Å²) in [5.41, 5.74) is 4.20. The van der Waals surface area contributed by atoms with Gasteiger partial charge < -0.3 is 14.8 Å². The predicted octanol–water partition coefficient (Wildman–Crippen LogP) is 5.41. The summed E-state index contributed by atoms with van der Waals surface area (Å²) in [6, 6.07) is 23.5. The molecule has 0 spiro atoms. The minimum absolute atomic E-state index is 0.0390. The Bertz CT molecular complexity index is 965. The Labute approximate surface area is 178 Å². The minimum atomic E-state index is -0.268. The number of amides is 1. The molecule has 30 heavy (non-hydrogen) atoms. The van der Waals surface area contributed by atoms with E-state index < -0.39 is 0 Å². The summed E-state index contributed by atoms with van der Waals surface area (Å²) in [5.74, 6) is 1.69. The number of carbonyl (C=O) groups is 1. The van der Waals surface area contributed by atoms with Crippen LogP contribution in [0.4, 0.5) is 0 Å². The highest BCUT2D eigenvalue weighted by molar-refractivity contribution is 5.78. The lowest BCUT2D eigenvalue weighted by atomic mass is 9.98. The smallest absolute Gasteiger partial charge is 0.258 e. The molecule has 0 aromatic heterocycles. The van der Waals surface area contributed by atoms with Crippen LogP contribution in [-0.4, -0.2) is 19.6 Å². The number of benzene rings is 3. The van der Waals surface area contributed by atoms with Crippen molar-refractivity contribution in [3.63, 3.8) is 0 Å². The van der Waals surface area contributed by atoms with E-state index in [0.717, 1.165) is 33.8 Å². The zero-order valence-corrected chi connectivity index (χ0v) is 18.0. The van der Waals surface area contributed by atoms with Crippen molar-refractivity contribution in [2.24, 2.45) is 0 Å². The normalized spacial score (nSPS) is 11.8. The fourth-order valence-electron chi connectivity index (χ4n) is 3.39. The van der Waals surface area contributed by atoms with Crippen LogP contribution in [0.25, 0.3) is 0 Å². The molecule has 0 bridgehead atoms. The van der Waals surface area contributed by atoms with Gasteiger partial charge in [0.15, 0.2) is 6.61 Å². The van der Waals surface area contributed by atoms with Gasteiger partial charge in [-0.15, -0.1) is 0 Å². The van der Waals surface area contributed by atoms with E-state index in [1.807, 2.05) is 67.6 Å². The summed E-state index contributed by atoms with van der Waals surface area (Å²) in [6.45, 7) is 6.22. The summed E-state index contributed by atoms with van der Waals surface area (Å²) in [4.78, 5) is 12.8. The molecule has 3 aromatic rings. The lowest BCUT2D eigenvalue weighted by Gasteiger charge is -2.21. The number of methoxy groups -OCH3 is 1. The highest BCUT2D eigenvalue weighted by Gasteiger charge is 2.18. The maximum absolute atomic E-state index is 12.8. The molecule has 0 fully saturated rings. The summed E-state index contributed by atoms with van der Waals surface area (Å²) < 4.78 is 11.2. The molecule has 0 aliphatic carbocycles. The van der Waals surface area contributed by atoms with Gasteiger partial charge in [-0.3, -0.25) is 4.79 Å². The third-order valence-corrected chi connectivity index (χ3v) is 5.04. The monoisotopic (exact) mass is 403 g/mol. The highest BCUT2D eigenvalue weighted by Crippen LogP contribution is 2.28. The molecule has 0 heterocycles. The van der Waals surface area contributed by atoms with Crippen LogP contribution in [-0.2, 0) is 4.79 Å². The average molecular weight is 404 g/mol. The molecule has 156 valence electrons. The molecule has 0 saturated heterocycles. The van der Waals surface area contributed by atoms with E-state index >= 15 is 0 Å². The second-order valence-electron chi connectivity index (χ2n) is 7.67. The first-order chi connectivity index (χ1) is 14.5. The molecule has 3 aromatic carbocycles. The van der Waals surface area contributed by atoms with Crippen LogP contribution in [0.5, 0.6) is 11.5 Å². The third-order valence-electron chi connectivity index (χ3n) is 5.04. The number of hydrogen-bond acceptors (Lipinski definition) is 3. The van der Waals surface area contributed by atoms with Crippen LogP contribution in [0, 0.1) is 6.92 Å². The maximum Gasteiger partial charge on any atom is 0.258 e. The lowest BCUT2D eigenvalue weighted by molar-refractivity contribution is -0.123. The van der Waals surface area contributed by atoms with Crippen molar-refractivity contribution in [1.29, 1.82) is 0 Å². The lowest BCUT2D eigenvalue weighted by Crippen LogP contribution is -2.33. The largest absolute Gasteiger partial charge is 0.497 e. The summed E-state index contributed by atoms with van der Waals surface area (Å²) in [5, 5.41) is 3.12. The number of aryl methyl sites for hydroxylation is 1. The number of carbonyl (C=O) groups excluding carboxylic acids is 1. The summed E-state index contributed by atoms with van der Waals surface area (Å²) in [7, 11) is 1.64. The Kier molecular flexibility index (Phi) is 7.12. The van der Waals surface area contributed by atoms with Gasteiger partial charge in [0.05, 0.1) is 13.2 Å².